The smallest absolute Gasteiger partial charge is 0.332 e. The van der Waals surface area contributed by atoms with Crippen molar-refractivity contribution in [3.8, 4) is 0 Å². The van der Waals surface area contributed by atoms with Gasteiger partial charge in [-0.05, 0) is 24.4 Å². The maximum Gasteiger partial charge on any atom is 0.332 e. The van der Waals surface area contributed by atoms with Crippen LogP contribution in [0, 0.1) is 10.1 Å². The van der Waals surface area contributed by atoms with Crippen LogP contribution in [0.1, 0.15) is 25.5 Å². The van der Waals surface area contributed by atoms with E-state index >= 15 is 0 Å². The molecule has 132 valence electrons. The number of aromatic nitrogens is 2. The van der Waals surface area contributed by atoms with Gasteiger partial charge >= 0.3 is 11.7 Å². The van der Waals surface area contributed by atoms with Gasteiger partial charge < -0.3 is 14.4 Å². The van der Waals surface area contributed by atoms with E-state index in [1.54, 1.807) is 18.9 Å². The number of esters is 1. The molecule has 1 aromatic heterocycles. The fourth-order valence-corrected chi connectivity index (χ4v) is 3.03. The van der Waals surface area contributed by atoms with Gasteiger partial charge in [0.1, 0.15) is 11.7 Å². The lowest BCUT2D eigenvalue weighted by atomic mass is 9.99. The number of hydrogen-bond donors (Lipinski definition) is 0. The lowest BCUT2D eigenvalue weighted by Gasteiger charge is -2.37. The molecule has 2 heterocycles. The topological polar surface area (TPSA) is 108 Å². The Kier molecular flexibility index (Phi) is 5.89. The van der Waals surface area contributed by atoms with Gasteiger partial charge in [0.2, 0.25) is 11.1 Å². The standard InChI is InChI=1S/C14H19ClN4O5/c1-4-9-11(19(21)22)12(17-14(15)16-9)18-6-5-8(23-2)7-10(18)13(20)24-3/h8,10H,4-7H2,1-3H3/t8-,10+/m0/s1. The van der Waals surface area contributed by atoms with Gasteiger partial charge in [0.15, 0.2) is 0 Å². The first kappa shape index (κ1) is 18.3. The van der Waals surface area contributed by atoms with Gasteiger partial charge in [0.05, 0.1) is 18.1 Å². The van der Waals surface area contributed by atoms with E-state index in [2.05, 4.69) is 9.97 Å². The normalized spacial score (nSPS) is 20.8. The molecular weight excluding hydrogens is 340 g/mol. The van der Waals surface area contributed by atoms with Crippen molar-refractivity contribution in [2.75, 3.05) is 25.7 Å². The zero-order valence-electron chi connectivity index (χ0n) is 13.7. The number of carbonyl (C=O) groups is 1. The first-order valence-corrected chi connectivity index (χ1v) is 7.88. The number of halogens is 1. The number of ether oxygens (including phenoxy) is 2. The minimum Gasteiger partial charge on any atom is -0.467 e. The number of nitrogens with zero attached hydrogens (tertiary/aromatic N) is 4. The van der Waals surface area contributed by atoms with Gasteiger partial charge in [0.25, 0.3) is 0 Å². The summed E-state index contributed by atoms with van der Waals surface area (Å²) in [4.78, 5) is 32.7. The molecule has 0 aliphatic carbocycles. The summed E-state index contributed by atoms with van der Waals surface area (Å²) in [6.45, 7) is 2.10. The summed E-state index contributed by atoms with van der Waals surface area (Å²) in [6.07, 6.45) is 1.14. The monoisotopic (exact) mass is 358 g/mol. The van der Waals surface area contributed by atoms with Crippen LogP contribution in [0.3, 0.4) is 0 Å². The predicted octanol–water partition coefficient (Wildman–Crippen LogP) is 1.76. The van der Waals surface area contributed by atoms with Crippen LogP contribution in [0.15, 0.2) is 0 Å². The highest BCUT2D eigenvalue weighted by atomic mass is 35.5. The third kappa shape index (κ3) is 3.57. The largest absolute Gasteiger partial charge is 0.467 e. The quantitative estimate of drug-likeness (QED) is 0.339. The zero-order chi connectivity index (χ0) is 17.9. The molecule has 2 rings (SSSR count). The second-order valence-electron chi connectivity index (χ2n) is 5.34. The van der Waals surface area contributed by atoms with E-state index in [0.29, 0.717) is 25.8 Å². The SMILES string of the molecule is CCc1nc(Cl)nc(N2CC[C@H](OC)C[C@@H]2C(=O)OC)c1[N+](=O)[O-]. The number of piperidine rings is 1. The molecule has 9 nitrogen and oxygen atoms in total. The summed E-state index contributed by atoms with van der Waals surface area (Å²) in [5, 5.41) is 11.4. The predicted molar refractivity (Wildman–Crippen MR) is 86.3 cm³/mol. The van der Waals surface area contributed by atoms with Crippen molar-refractivity contribution in [3.05, 3.63) is 21.1 Å². The molecule has 0 saturated carbocycles. The highest BCUT2D eigenvalue weighted by Gasteiger charge is 2.39. The molecule has 24 heavy (non-hydrogen) atoms. The van der Waals surface area contributed by atoms with Crippen LogP contribution in [0.25, 0.3) is 0 Å². The summed E-state index contributed by atoms with van der Waals surface area (Å²) >= 11 is 5.93. The molecule has 1 aliphatic heterocycles. The van der Waals surface area contributed by atoms with Gasteiger partial charge in [-0.2, -0.15) is 4.98 Å². The minimum atomic E-state index is -0.733. The third-order valence-electron chi connectivity index (χ3n) is 4.06. The fraction of sp³-hybridized carbons (Fsp3) is 0.643. The maximum absolute atomic E-state index is 12.2. The highest BCUT2D eigenvalue weighted by Crippen LogP contribution is 2.35. The van der Waals surface area contributed by atoms with E-state index in [1.165, 1.54) is 7.11 Å². The molecular formula is C14H19ClN4O5. The van der Waals surface area contributed by atoms with Crippen LogP contribution < -0.4 is 4.90 Å². The average molecular weight is 359 g/mol. The lowest BCUT2D eigenvalue weighted by Crippen LogP contribution is -2.50. The Bertz CT molecular complexity index is 642. The van der Waals surface area contributed by atoms with Crippen molar-refractivity contribution in [1.29, 1.82) is 0 Å². The Morgan fingerprint density at radius 1 is 1.46 bits per heavy atom. The van der Waals surface area contributed by atoms with Gasteiger partial charge in [0, 0.05) is 20.1 Å². The van der Waals surface area contributed by atoms with Crippen molar-refractivity contribution >= 4 is 29.1 Å². The van der Waals surface area contributed by atoms with Crippen molar-refractivity contribution < 1.29 is 19.2 Å². The van der Waals surface area contributed by atoms with Crippen LogP contribution in [0.2, 0.25) is 5.28 Å². The second kappa shape index (κ2) is 7.71. The van der Waals surface area contributed by atoms with Gasteiger partial charge in [-0.1, -0.05) is 6.92 Å². The van der Waals surface area contributed by atoms with E-state index in [4.69, 9.17) is 21.1 Å². The lowest BCUT2D eigenvalue weighted by molar-refractivity contribution is -0.385. The van der Waals surface area contributed by atoms with E-state index in [9.17, 15) is 14.9 Å². The van der Waals surface area contributed by atoms with Gasteiger partial charge in [-0.15, -0.1) is 0 Å². The van der Waals surface area contributed by atoms with Crippen LogP contribution in [-0.2, 0) is 20.7 Å². The molecule has 0 spiro atoms. The van der Waals surface area contributed by atoms with E-state index in [1.807, 2.05) is 0 Å². The number of anilines is 1. The van der Waals surface area contributed by atoms with Gasteiger partial charge in [-0.25, -0.2) is 9.78 Å². The highest BCUT2D eigenvalue weighted by molar-refractivity contribution is 6.28. The van der Waals surface area contributed by atoms with Crippen LogP contribution in [0.4, 0.5) is 11.5 Å². The molecule has 0 aromatic carbocycles. The van der Waals surface area contributed by atoms with Gasteiger partial charge in [-0.3, -0.25) is 10.1 Å². The number of carbonyl (C=O) groups excluding carboxylic acids is 1. The van der Waals surface area contributed by atoms with Crippen LogP contribution >= 0.6 is 11.6 Å². The Hall–Kier alpha value is -2.00. The summed E-state index contributed by atoms with van der Waals surface area (Å²) in [5.41, 5.74) is -0.000786. The number of aryl methyl sites for hydroxylation is 1. The number of rotatable bonds is 5. The van der Waals surface area contributed by atoms with E-state index in [0.717, 1.165) is 0 Å². The van der Waals surface area contributed by atoms with Crippen molar-refractivity contribution in [1.82, 2.24) is 9.97 Å². The summed E-state index contributed by atoms with van der Waals surface area (Å²) in [5.74, 6) is -0.458. The first-order chi connectivity index (χ1) is 11.4. The Morgan fingerprint density at radius 2 is 2.17 bits per heavy atom. The van der Waals surface area contributed by atoms with Crippen molar-refractivity contribution in [2.24, 2.45) is 0 Å². The van der Waals surface area contributed by atoms with Crippen molar-refractivity contribution in [2.45, 2.75) is 38.3 Å². The molecule has 0 radical (unpaired) electrons. The number of hydrogen-bond acceptors (Lipinski definition) is 8. The summed E-state index contributed by atoms with van der Waals surface area (Å²) < 4.78 is 10.2. The number of methoxy groups -OCH3 is 2. The number of nitro groups is 1. The molecule has 1 aliphatic rings. The molecule has 0 N–H and O–H groups in total. The second-order valence-corrected chi connectivity index (χ2v) is 5.67. The fourth-order valence-electron chi connectivity index (χ4n) is 2.85. The molecule has 1 aromatic rings. The maximum atomic E-state index is 12.2. The average Bonchev–Trinajstić information content (AvgIpc) is 2.59. The minimum absolute atomic E-state index is 0.0433. The molecule has 0 bridgehead atoms. The molecule has 1 saturated heterocycles. The molecule has 1 fully saturated rings. The Balaban J connectivity index is 2.53. The molecule has 10 heteroatoms. The van der Waals surface area contributed by atoms with Crippen LogP contribution in [0.5, 0.6) is 0 Å². The summed E-state index contributed by atoms with van der Waals surface area (Å²) in [7, 11) is 2.84. The molecule has 0 amide bonds. The Morgan fingerprint density at radius 3 is 2.71 bits per heavy atom. The van der Waals surface area contributed by atoms with Crippen LogP contribution in [-0.4, -0.2) is 53.8 Å². The van der Waals surface area contributed by atoms with E-state index in [-0.39, 0.29) is 28.6 Å². The Labute approximate surface area is 144 Å². The third-order valence-corrected chi connectivity index (χ3v) is 4.23. The zero-order valence-corrected chi connectivity index (χ0v) is 14.4. The van der Waals surface area contributed by atoms with E-state index < -0.39 is 16.9 Å². The molecule has 2 atom stereocenters. The molecule has 0 unspecified atom stereocenters. The first-order valence-electron chi connectivity index (χ1n) is 7.50. The summed E-state index contributed by atoms with van der Waals surface area (Å²) in [6, 6.07) is -0.733. The van der Waals surface area contributed by atoms with Crippen molar-refractivity contribution in [3.63, 3.8) is 0 Å².